The lowest BCUT2D eigenvalue weighted by atomic mass is 10.1. The third kappa shape index (κ3) is 7.76. The SMILES string of the molecule is O=C(Nc1ccc(C(=O)/C=C/c2ccc(Cl)cc2Cl)cc1)/C(=C/c1ccccc1[N+](=O)[O-])NC(=O)c1ccccc1. The van der Waals surface area contributed by atoms with E-state index in [9.17, 15) is 24.5 Å². The minimum Gasteiger partial charge on any atom is -0.321 e. The van der Waals surface area contributed by atoms with Gasteiger partial charge in [-0.1, -0.05) is 59.6 Å². The number of carbonyl (C=O) groups excluding carboxylic acids is 3. The second-order valence-corrected chi connectivity index (χ2v) is 9.43. The van der Waals surface area contributed by atoms with E-state index in [4.69, 9.17) is 23.2 Å². The number of carbonyl (C=O) groups is 3. The summed E-state index contributed by atoms with van der Waals surface area (Å²) in [4.78, 5) is 49.6. The van der Waals surface area contributed by atoms with Gasteiger partial charge < -0.3 is 10.6 Å². The molecule has 41 heavy (non-hydrogen) atoms. The monoisotopic (exact) mass is 585 g/mol. The fraction of sp³-hybridized carbons (Fsp3) is 0. The van der Waals surface area contributed by atoms with Gasteiger partial charge in [-0.25, -0.2) is 0 Å². The molecule has 4 aromatic carbocycles. The van der Waals surface area contributed by atoms with Crippen LogP contribution < -0.4 is 10.6 Å². The van der Waals surface area contributed by atoms with Gasteiger partial charge in [-0.05, 0) is 78.4 Å². The van der Waals surface area contributed by atoms with E-state index in [-0.39, 0.29) is 22.7 Å². The summed E-state index contributed by atoms with van der Waals surface area (Å²) < 4.78 is 0. The number of hydrogen-bond acceptors (Lipinski definition) is 5. The topological polar surface area (TPSA) is 118 Å². The van der Waals surface area contributed by atoms with Crippen LogP contribution in [-0.2, 0) is 4.79 Å². The lowest BCUT2D eigenvalue weighted by Gasteiger charge is -2.12. The van der Waals surface area contributed by atoms with Gasteiger partial charge in [0.05, 0.1) is 10.5 Å². The molecule has 0 aliphatic rings. The first-order valence-corrected chi connectivity index (χ1v) is 12.9. The number of para-hydroxylation sites is 1. The smallest absolute Gasteiger partial charge is 0.276 e. The van der Waals surface area contributed by atoms with Crippen molar-refractivity contribution in [3.8, 4) is 0 Å². The largest absolute Gasteiger partial charge is 0.321 e. The highest BCUT2D eigenvalue weighted by Gasteiger charge is 2.18. The molecule has 4 aromatic rings. The second kappa shape index (κ2) is 13.3. The Bertz CT molecular complexity index is 1680. The Balaban J connectivity index is 1.54. The Morgan fingerprint density at radius 2 is 1.46 bits per heavy atom. The molecule has 8 nitrogen and oxygen atoms in total. The third-order valence-electron chi connectivity index (χ3n) is 5.77. The minimum atomic E-state index is -0.719. The number of halogens is 2. The summed E-state index contributed by atoms with van der Waals surface area (Å²) in [7, 11) is 0. The van der Waals surface area contributed by atoms with E-state index in [2.05, 4.69) is 10.6 Å². The van der Waals surface area contributed by atoms with Crippen LogP contribution in [0.25, 0.3) is 12.2 Å². The Kier molecular flexibility index (Phi) is 9.42. The lowest BCUT2D eigenvalue weighted by molar-refractivity contribution is -0.385. The summed E-state index contributed by atoms with van der Waals surface area (Å²) in [6.07, 6.45) is 4.18. The summed E-state index contributed by atoms with van der Waals surface area (Å²) >= 11 is 12.0. The number of anilines is 1. The predicted octanol–water partition coefficient (Wildman–Crippen LogP) is 7.21. The third-order valence-corrected chi connectivity index (χ3v) is 6.33. The molecule has 0 heterocycles. The van der Waals surface area contributed by atoms with Crippen LogP contribution in [0.5, 0.6) is 0 Å². The number of rotatable bonds is 9. The Hall–Kier alpha value is -5.05. The molecule has 2 amide bonds. The maximum Gasteiger partial charge on any atom is 0.276 e. The van der Waals surface area contributed by atoms with Crippen LogP contribution in [-0.4, -0.2) is 22.5 Å². The molecule has 0 bridgehead atoms. The predicted molar refractivity (Wildman–Crippen MR) is 160 cm³/mol. The van der Waals surface area contributed by atoms with Crippen LogP contribution in [0, 0.1) is 10.1 Å². The maximum atomic E-state index is 13.2. The van der Waals surface area contributed by atoms with Gasteiger partial charge in [0.25, 0.3) is 17.5 Å². The van der Waals surface area contributed by atoms with Gasteiger partial charge in [-0.2, -0.15) is 0 Å². The van der Waals surface area contributed by atoms with Crippen LogP contribution >= 0.6 is 23.2 Å². The Morgan fingerprint density at radius 3 is 2.15 bits per heavy atom. The van der Waals surface area contributed by atoms with Crippen molar-refractivity contribution in [2.45, 2.75) is 0 Å². The van der Waals surface area contributed by atoms with Gasteiger partial charge in [0.2, 0.25) is 0 Å². The molecule has 2 N–H and O–H groups in total. The highest BCUT2D eigenvalue weighted by Crippen LogP contribution is 2.23. The van der Waals surface area contributed by atoms with Crippen molar-refractivity contribution in [1.29, 1.82) is 0 Å². The molecule has 0 saturated carbocycles. The number of benzene rings is 4. The van der Waals surface area contributed by atoms with Crippen LogP contribution in [0.1, 0.15) is 31.8 Å². The number of hydrogen-bond donors (Lipinski definition) is 2. The van der Waals surface area contributed by atoms with Gasteiger partial charge in [0.1, 0.15) is 5.70 Å². The van der Waals surface area contributed by atoms with Crippen molar-refractivity contribution in [3.05, 3.63) is 151 Å². The lowest BCUT2D eigenvalue weighted by Crippen LogP contribution is -2.30. The molecule has 0 aromatic heterocycles. The normalized spacial score (nSPS) is 11.2. The van der Waals surface area contributed by atoms with Gasteiger partial charge >= 0.3 is 0 Å². The summed E-state index contributed by atoms with van der Waals surface area (Å²) in [6, 6.07) is 25.1. The zero-order valence-corrected chi connectivity index (χ0v) is 22.7. The Labute approximate surface area is 245 Å². The first-order valence-electron chi connectivity index (χ1n) is 12.1. The molecule has 0 aliphatic heterocycles. The molecule has 4 rings (SSSR count). The van der Waals surface area contributed by atoms with E-state index in [1.54, 1.807) is 60.7 Å². The minimum absolute atomic E-state index is 0.129. The fourth-order valence-corrected chi connectivity index (χ4v) is 4.16. The van der Waals surface area contributed by atoms with Gasteiger partial charge in [-0.3, -0.25) is 24.5 Å². The van der Waals surface area contributed by atoms with Gasteiger partial charge in [0, 0.05) is 32.9 Å². The number of nitro benzene ring substituents is 1. The standard InChI is InChI=1S/C31H21Cl2N3O5/c32-24-14-10-20(26(33)19-24)13-17-29(37)21-11-15-25(16-12-21)34-31(39)27(35-30(38)22-6-2-1-3-7-22)18-23-8-4-5-9-28(23)36(40)41/h1-19H,(H,34,39)(H,35,38)/b17-13+,27-18-. The molecule has 0 saturated heterocycles. The molecule has 0 atom stereocenters. The van der Waals surface area contributed by atoms with Crippen LogP contribution in [0.15, 0.2) is 109 Å². The first-order chi connectivity index (χ1) is 19.7. The van der Waals surface area contributed by atoms with Crippen molar-refractivity contribution < 1.29 is 19.3 Å². The van der Waals surface area contributed by atoms with E-state index in [1.807, 2.05) is 0 Å². The molecule has 10 heteroatoms. The highest BCUT2D eigenvalue weighted by molar-refractivity contribution is 6.35. The summed E-state index contributed by atoms with van der Waals surface area (Å²) in [5.41, 5.74) is 1.30. The van der Waals surface area contributed by atoms with Crippen molar-refractivity contribution in [1.82, 2.24) is 5.32 Å². The summed E-state index contributed by atoms with van der Waals surface area (Å²) in [5, 5.41) is 17.6. The average Bonchev–Trinajstić information content (AvgIpc) is 2.97. The quantitative estimate of drug-likeness (QED) is 0.0930. The highest BCUT2D eigenvalue weighted by atomic mass is 35.5. The zero-order valence-electron chi connectivity index (χ0n) is 21.2. The van der Waals surface area contributed by atoms with Crippen molar-refractivity contribution in [3.63, 3.8) is 0 Å². The molecule has 0 unspecified atom stereocenters. The molecule has 204 valence electrons. The molecule has 0 radical (unpaired) electrons. The van der Waals surface area contributed by atoms with E-state index in [0.29, 0.717) is 32.4 Å². The van der Waals surface area contributed by atoms with E-state index in [1.165, 1.54) is 54.6 Å². The molecular formula is C31H21Cl2N3O5. The van der Waals surface area contributed by atoms with E-state index >= 15 is 0 Å². The van der Waals surface area contributed by atoms with Crippen molar-refractivity contribution in [2.75, 3.05) is 5.32 Å². The molecule has 0 aliphatic carbocycles. The number of amides is 2. The number of nitro groups is 1. The fourth-order valence-electron chi connectivity index (χ4n) is 3.69. The first kappa shape index (κ1) is 28.9. The maximum absolute atomic E-state index is 13.2. The van der Waals surface area contributed by atoms with E-state index < -0.39 is 16.7 Å². The molecule has 0 spiro atoms. The summed E-state index contributed by atoms with van der Waals surface area (Å²) in [5.74, 6) is -1.58. The molecule has 0 fully saturated rings. The van der Waals surface area contributed by atoms with Gasteiger partial charge in [-0.15, -0.1) is 0 Å². The molecular weight excluding hydrogens is 565 g/mol. The van der Waals surface area contributed by atoms with E-state index in [0.717, 1.165) is 0 Å². The number of nitrogens with one attached hydrogen (secondary N) is 2. The van der Waals surface area contributed by atoms with Gasteiger partial charge in [0.15, 0.2) is 5.78 Å². The summed E-state index contributed by atoms with van der Waals surface area (Å²) in [6.45, 7) is 0. The van der Waals surface area contributed by atoms with Crippen LogP contribution in [0.4, 0.5) is 11.4 Å². The van der Waals surface area contributed by atoms with Crippen LogP contribution in [0.3, 0.4) is 0 Å². The number of allylic oxidation sites excluding steroid dienone is 1. The second-order valence-electron chi connectivity index (χ2n) is 8.59. The van der Waals surface area contributed by atoms with Crippen LogP contribution in [0.2, 0.25) is 10.0 Å². The zero-order chi connectivity index (χ0) is 29.4. The number of ketones is 1. The number of nitrogens with zero attached hydrogens (tertiary/aromatic N) is 1. The van der Waals surface area contributed by atoms with Crippen molar-refractivity contribution >= 4 is 64.3 Å². The average molecular weight is 586 g/mol. The van der Waals surface area contributed by atoms with Crippen molar-refractivity contribution in [2.24, 2.45) is 0 Å². The Morgan fingerprint density at radius 1 is 0.780 bits per heavy atom.